The van der Waals surface area contributed by atoms with E-state index in [2.05, 4.69) is 479 Å². The van der Waals surface area contributed by atoms with E-state index in [1.165, 1.54) is 198 Å². The highest BCUT2D eigenvalue weighted by atomic mass is 15.0. The minimum absolute atomic E-state index is 1.15. The van der Waals surface area contributed by atoms with Gasteiger partial charge in [-0.3, -0.25) is 0 Å². The van der Waals surface area contributed by atoms with Gasteiger partial charge in [0.25, 0.3) is 0 Å². The number of aromatic nitrogens is 4. The number of rotatable bonds is 12. The van der Waals surface area contributed by atoms with Gasteiger partial charge in [0.2, 0.25) is 0 Å². The molecule has 560 valence electrons. The van der Waals surface area contributed by atoms with Crippen LogP contribution in [0.1, 0.15) is 0 Å². The third-order valence-electron chi connectivity index (χ3n) is 24.6. The molecule has 24 rings (SSSR count). The lowest BCUT2D eigenvalue weighted by Crippen LogP contribution is -1.94. The minimum atomic E-state index is 1.15. The van der Waals surface area contributed by atoms with E-state index in [0.717, 1.165) is 22.7 Å². The maximum Gasteiger partial charge on any atom is 0.0547 e. The average Bonchev–Trinajstić information content (AvgIpc) is 1.60. The molecule has 0 saturated heterocycles. The molecule has 0 aliphatic heterocycles. The molecule has 0 radical (unpaired) electrons. The Balaban J connectivity index is 0.000000140. The number of fused-ring (bicyclic) bond motifs is 14. The number of para-hydroxylation sites is 4. The fraction of sp³-hybridized carbons (Fsp3) is 0. The first kappa shape index (κ1) is 69.6. The first-order valence-electron chi connectivity index (χ1n) is 41.3. The molecule has 24 aromatic rings. The average molecular weight is 1530 g/mol. The van der Waals surface area contributed by atoms with Crippen molar-refractivity contribution >= 4 is 109 Å². The highest BCUT2D eigenvalue weighted by Crippen LogP contribution is 2.43. The summed E-state index contributed by atoms with van der Waals surface area (Å²) in [5.74, 6) is 0. The maximum atomic E-state index is 2.43. The van der Waals surface area contributed by atoms with Crippen molar-refractivity contribution in [3.8, 4) is 112 Å². The first-order chi connectivity index (χ1) is 59.5. The van der Waals surface area contributed by atoms with E-state index in [1.54, 1.807) is 0 Å². The molecule has 0 aliphatic carbocycles. The standard InChI is InChI=1S/2C58H38N2/c1-3-12-39(13-4-1)43-16-11-17-49(35-43)59-55-20-9-7-18-51(55)53-32-29-47(37-57(53)59)41-22-24-42(25-23-41)48-30-33-54-52-19-8-10-21-56(52)60(58(54)38-48)50-31-28-45-34-44(26-27-46(45)36-50)40-14-5-2-6-15-40;1-3-11-39(12-4-1)41-25-30-49(31-26-41)59-55-17-9-7-15-51(55)53-33-28-47(37-57(53)59)42-19-21-43(22-20-42)48-29-34-54-52-16-8-10-18-56(52)60(58(54)38-48)50-32-27-45-35-44(23-24-46(45)36-50)40-13-5-2-6-14-40/h2*1-38H. The van der Waals surface area contributed by atoms with Crippen molar-refractivity contribution in [1.29, 1.82) is 0 Å². The van der Waals surface area contributed by atoms with Crippen molar-refractivity contribution in [2.24, 2.45) is 0 Å². The zero-order valence-corrected chi connectivity index (χ0v) is 65.7. The van der Waals surface area contributed by atoms with Crippen LogP contribution in [-0.2, 0) is 0 Å². The van der Waals surface area contributed by atoms with Crippen molar-refractivity contribution in [2.45, 2.75) is 0 Å². The molecule has 0 bridgehead atoms. The van der Waals surface area contributed by atoms with Crippen molar-refractivity contribution in [2.75, 3.05) is 0 Å². The van der Waals surface area contributed by atoms with Crippen LogP contribution in [0.5, 0.6) is 0 Å². The van der Waals surface area contributed by atoms with Crippen LogP contribution in [0.2, 0.25) is 0 Å². The summed E-state index contributed by atoms with van der Waals surface area (Å²) < 4.78 is 9.68. The maximum absolute atomic E-state index is 2.43. The van der Waals surface area contributed by atoms with Crippen LogP contribution in [0.4, 0.5) is 0 Å². The van der Waals surface area contributed by atoms with E-state index in [0.29, 0.717) is 0 Å². The third-order valence-corrected chi connectivity index (χ3v) is 24.6. The number of hydrogen-bond donors (Lipinski definition) is 0. The van der Waals surface area contributed by atoms with E-state index in [-0.39, 0.29) is 0 Å². The van der Waals surface area contributed by atoms with Crippen LogP contribution < -0.4 is 0 Å². The lowest BCUT2D eigenvalue weighted by Gasteiger charge is -2.12. The van der Waals surface area contributed by atoms with E-state index in [1.807, 2.05) is 0 Å². The molecule has 0 aliphatic rings. The van der Waals surface area contributed by atoms with Crippen molar-refractivity contribution in [3.63, 3.8) is 0 Å². The normalized spacial score (nSPS) is 11.7. The molecule has 0 unspecified atom stereocenters. The molecule has 0 saturated carbocycles. The number of benzene rings is 20. The lowest BCUT2D eigenvalue weighted by atomic mass is 9.98. The molecule has 0 atom stereocenters. The zero-order valence-electron chi connectivity index (χ0n) is 65.7. The summed E-state index contributed by atoms with van der Waals surface area (Å²) in [4.78, 5) is 0. The Morgan fingerprint density at radius 1 is 0.100 bits per heavy atom. The monoisotopic (exact) mass is 1520 g/mol. The van der Waals surface area contributed by atoms with E-state index < -0.39 is 0 Å². The largest absolute Gasteiger partial charge is 0.309 e. The predicted octanol–water partition coefficient (Wildman–Crippen LogP) is 31.4. The van der Waals surface area contributed by atoms with Crippen molar-refractivity contribution in [1.82, 2.24) is 18.3 Å². The van der Waals surface area contributed by atoms with E-state index in [9.17, 15) is 0 Å². The molecule has 0 fully saturated rings. The van der Waals surface area contributed by atoms with Gasteiger partial charge in [0, 0.05) is 65.8 Å². The van der Waals surface area contributed by atoms with Crippen molar-refractivity contribution < 1.29 is 0 Å². The Bertz CT molecular complexity index is 8090. The molecule has 120 heavy (non-hydrogen) atoms. The summed E-state index contributed by atoms with van der Waals surface area (Å²) in [7, 11) is 0. The molecule has 0 N–H and O–H groups in total. The van der Waals surface area contributed by atoms with Gasteiger partial charge in [-0.15, -0.1) is 0 Å². The molecular formula is C116H76N4. The smallest absolute Gasteiger partial charge is 0.0547 e. The van der Waals surface area contributed by atoms with Crippen LogP contribution in [-0.4, -0.2) is 18.3 Å². The lowest BCUT2D eigenvalue weighted by molar-refractivity contribution is 1.18. The summed E-state index contributed by atoms with van der Waals surface area (Å²) >= 11 is 0. The van der Waals surface area contributed by atoms with Gasteiger partial charge in [0.05, 0.1) is 44.1 Å². The molecule has 4 nitrogen and oxygen atoms in total. The predicted molar refractivity (Wildman–Crippen MR) is 509 cm³/mol. The van der Waals surface area contributed by atoms with Gasteiger partial charge in [-0.05, 0) is 220 Å². The third kappa shape index (κ3) is 12.2. The van der Waals surface area contributed by atoms with E-state index in [4.69, 9.17) is 0 Å². The minimum Gasteiger partial charge on any atom is -0.309 e. The summed E-state index contributed by atoms with van der Waals surface area (Å²) in [6.45, 7) is 0. The number of hydrogen-bond acceptors (Lipinski definition) is 0. The van der Waals surface area contributed by atoms with E-state index >= 15 is 0 Å². The van der Waals surface area contributed by atoms with Crippen LogP contribution in [0.25, 0.3) is 221 Å². The van der Waals surface area contributed by atoms with Crippen LogP contribution in [0.15, 0.2) is 461 Å². The summed E-state index contributed by atoms with van der Waals surface area (Å²) in [5, 5.41) is 15.0. The Morgan fingerprint density at radius 2 is 0.300 bits per heavy atom. The highest BCUT2D eigenvalue weighted by Gasteiger charge is 2.21. The highest BCUT2D eigenvalue weighted by molar-refractivity contribution is 6.14. The molecular weight excluding hydrogens is 1450 g/mol. The van der Waals surface area contributed by atoms with Crippen LogP contribution in [0, 0.1) is 0 Å². The zero-order chi connectivity index (χ0) is 79.1. The van der Waals surface area contributed by atoms with Gasteiger partial charge in [0.1, 0.15) is 0 Å². The second-order valence-electron chi connectivity index (χ2n) is 31.5. The molecule has 4 aromatic heterocycles. The Hall–Kier alpha value is -15.9. The number of nitrogens with zero attached hydrogens (tertiary/aromatic N) is 4. The van der Waals surface area contributed by atoms with Gasteiger partial charge >= 0.3 is 0 Å². The van der Waals surface area contributed by atoms with Crippen LogP contribution in [0.3, 0.4) is 0 Å². The molecule has 0 spiro atoms. The van der Waals surface area contributed by atoms with Gasteiger partial charge in [-0.25, -0.2) is 0 Å². The van der Waals surface area contributed by atoms with Gasteiger partial charge < -0.3 is 18.3 Å². The van der Waals surface area contributed by atoms with Crippen molar-refractivity contribution in [3.05, 3.63) is 461 Å². The fourth-order valence-electron chi connectivity index (χ4n) is 18.7. The molecule has 20 aromatic carbocycles. The topological polar surface area (TPSA) is 19.7 Å². The first-order valence-corrected chi connectivity index (χ1v) is 41.3. The molecule has 4 heteroatoms. The second-order valence-corrected chi connectivity index (χ2v) is 31.5. The summed E-state index contributed by atoms with van der Waals surface area (Å²) in [5.41, 5.74) is 33.6. The molecule has 4 heterocycles. The SMILES string of the molecule is c1ccc(-c2ccc(-n3c4ccccc4c4ccc(-c5ccc(-c6ccc7c8ccccc8n(-c8ccc9cc(-c%10ccccc%10)ccc9c8)c7c6)cc5)cc43)cc2)cc1.c1ccc(-c2cccc(-n3c4ccccc4c4ccc(-c5ccc(-c6ccc7c8ccccc8n(-c8ccc9cc(-c%10ccccc%10)ccc9c8)c7c6)cc5)cc43)c2)cc1. The summed E-state index contributed by atoms with van der Waals surface area (Å²) in [6.07, 6.45) is 0. The van der Waals surface area contributed by atoms with Crippen LogP contribution >= 0.6 is 0 Å². The Kier molecular flexibility index (Phi) is 16.9. The molecule has 0 amide bonds. The Morgan fingerprint density at radius 3 is 0.642 bits per heavy atom. The Labute approximate surface area is 695 Å². The quantitative estimate of drug-likeness (QED) is 0.116. The fourth-order valence-corrected chi connectivity index (χ4v) is 18.7. The second kappa shape index (κ2) is 29.1. The van der Waals surface area contributed by atoms with Gasteiger partial charge in [-0.2, -0.15) is 0 Å². The summed E-state index contributed by atoms with van der Waals surface area (Å²) in [6, 6.07) is 168. The van der Waals surface area contributed by atoms with Gasteiger partial charge in [-0.1, -0.05) is 352 Å². The van der Waals surface area contributed by atoms with Gasteiger partial charge in [0.15, 0.2) is 0 Å².